The summed E-state index contributed by atoms with van der Waals surface area (Å²) in [7, 11) is 0. The highest BCUT2D eigenvalue weighted by atomic mass is 35.5. The molecule has 1 N–H and O–H groups in total. The molecule has 1 aromatic rings. The summed E-state index contributed by atoms with van der Waals surface area (Å²) in [6.07, 6.45) is 2.50. The minimum absolute atomic E-state index is 0.0142. The van der Waals surface area contributed by atoms with Crippen LogP contribution in [0.25, 0.3) is 0 Å². The number of hydrogen-bond donors (Lipinski definition) is 1. The molecule has 3 amide bonds. The number of rotatable bonds is 5. The van der Waals surface area contributed by atoms with Crippen LogP contribution in [0.15, 0.2) is 24.3 Å². The van der Waals surface area contributed by atoms with Crippen molar-refractivity contribution >= 4 is 35.0 Å². The summed E-state index contributed by atoms with van der Waals surface area (Å²) < 4.78 is 0. The van der Waals surface area contributed by atoms with Gasteiger partial charge in [-0.3, -0.25) is 14.4 Å². The molecule has 0 aliphatic carbocycles. The predicted molar refractivity (Wildman–Crippen MR) is 105 cm³/mol. The van der Waals surface area contributed by atoms with E-state index in [4.69, 9.17) is 11.6 Å². The van der Waals surface area contributed by atoms with Gasteiger partial charge in [-0.25, -0.2) is 0 Å². The van der Waals surface area contributed by atoms with E-state index in [0.29, 0.717) is 44.0 Å². The zero-order chi connectivity index (χ0) is 19.4. The van der Waals surface area contributed by atoms with E-state index in [1.54, 1.807) is 23.1 Å². The molecule has 3 rings (SSSR count). The predicted octanol–water partition coefficient (Wildman–Crippen LogP) is 2.46. The second kappa shape index (κ2) is 8.74. The van der Waals surface area contributed by atoms with Gasteiger partial charge in [-0.2, -0.15) is 0 Å². The summed E-state index contributed by atoms with van der Waals surface area (Å²) in [4.78, 5) is 40.8. The molecule has 0 bridgehead atoms. The van der Waals surface area contributed by atoms with Crippen LogP contribution < -0.4 is 10.2 Å². The molecule has 146 valence electrons. The first-order chi connectivity index (χ1) is 13.0. The van der Waals surface area contributed by atoms with Gasteiger partial charge in [-0.05, 0) is 37.5 Å². The highest BCUT2D eigenvalue weighted by Crippen LogP contribution is 2.29. The maximum Gasteiger partial charge on any atom is 0.228 e. The summed E-state index contributed by atoms with van der Waals surface area (Å²) in [5.74, 6) is -0.299. The number of nitrogens with zero attached hydrogens (tertiary/aromatic N) is 2. The maximum absolute atomic E-state index is 12.9. The molecule has 2 saturated heterocycles. The number of nitrogens with one attached hydrogen (secondary N) is 1. The molecule has 1 unspecified atom stereocenters. The number of halogens is 1. The second-order valence-electron chi connectivity index (χ2n) is 7.28. The Balaban J connectivity index is 1.55. The number of piperidine rings is 1. The molecule has 1 aromatic carbocycles. The van der Waals surface area contributed by atoms with Crippen molar-refractivity contribution in [3.05, 3.63) is 29.3 Å². The summed E-state index contributed by atoms with van der Waals surface area (Å²) >= 11 is 6.02. The number of likely N-dealkylation sites (tertiary alicyclic amines) is 1. The molecule has 27 heavy (non-hydrogen) atoms. The lowest BCUT2D eigenvalue weighted by Gasteiger charge is -2.33. The van der Waals surface area contributed by atoms with E-state index < -0.39 is 0 Å². The van der Waals surface area contributed by atoms with Crippen molar-refractivity contribution in [3.63, 3.8) is 0 Å². The minimum Gasteiger partial charge on any atom is -0.356 e. The molecule has 2 fully saturated rings. The Morgan fingerprint density at radius 2 is 1.96 bits per heavy atom. The molecular weight excluding hydrogens is 366 g/mol. The van der Waals surface area contributed by atoms with E-state index in [9.17, 15) is 14.4 Å². The first-order valence-electron chi connectivity index (χ1n) is 9.62. The van der Waals surface area contributed by atoms with Crippen LogP contribution in [0.1, 0.15) is 32.6 Å². The lowest BCUT2D eigenvalue weighted by Crippen LogP contribution is -2.45. The van der Waals surface area contributed by atoms with Crippen LogP contribution in [-0.2, 0) is 14.4 Å². The monoisotopic (exact) mass is 391 g/mol. The van der Waals surface area contributed by atoms with E-state index in [1.807, 2.05) is 17.9 Å². The minimum atomic E-state index is -0.332. The number of amides is 3. The number of hydrogen-bond acceptors (Lipinski definition) is 3. The van der Waals surface area contributed by atoms with Crippen LogP contribution in [0.5, 0.6) is 0 Å². The Labute approximate surface area is 164 Å². The SMILES string of the molecule is CCCNC(=O)C1CCN(C(=O)C2CC(=O)N(c3cccc(Cl)c3)C2)CC1. The highest BCUT2D eigenvalue weighted by Gasteiger charge is 2.38. The summed E-state index contributed by atoms with van der Waals surface area (Å²) in [5, 5.41) is 3.50. The smallest absolute Gasteiger partial charge is 0.228 e. The fraction of sp³-hybridized carbons (Fsp3) is 0.550. The standard InChI is InChI=1S/C20H26ClN3O3/c1-2-8-22-19(26)14-6-9-23(10-7-14)20(27)15-11-18(25)24(13-15)17-5-3-4-16(21)12-17/h3-5,12,14-15H,2,6-11,13H2,1H3,(H,22,26). The summed E-state index contributed by atoms with van der Waals surface area (Å²) in [6.45, 7) is 4.25. The van der Waals surface area contributed by atoms with Crippen LogP contribution >= 0.6 is 11.6 Å². The van der Waals surface area contributed by atoms with Crippen molar-refractivity contribution < 1.29 is 14.4 Å². The lowest BCUT2D eigenvalue weighted by molar-refractivity contribution is -0.139. The van der Waals surface area contributed by atoms with Crippen molar-refractivity contribution in [1.82, 2.24) is 10.2 Å². The van der Waals surface area contributed by atoms with Gasteiger partial charge < -0.3 is 15.1 Å². The van der Waals surface area contributed by atoms with Gasteiger partial charge in [0.25, 0.3) is 0 Å². The Morgan fingerprint density at radius 1 is 1.22 bits per heavy atom. The highest BCUT2D eigenvalue weighted by molar-refractivity contribution is 6.31. The van der Waals surface area contributed by atoms with Gasteiger partial charge >= 0.3 is 0 Å². The van der Waals surface area contributed by atoms with Crippen molar-refractivity contribution in [2.75, 3.05) is 31.1 Å². The van der Waals surface area contributed by atoms with Crippen LogP contribution in [0, 0.1) is 11.8 Å². The molecule has 6 nitrogen and oxygen atoms in total. The Morgan fingerprint density at radius 3 is 2.63 bits per heavy atom. The Hall–Kier alpha value is -2.08. The van der Waals surface area contributed by atoms with E-state index in [2.05, 4.69) is 5.32 Å². The molecule has 2 heterocycles. The van der Waals surface area contributed by atoms with E-state index >= 15 is 0 Å². The van der Waals surface area contributed by atoms with Crippen molar-refractivity contribution in [2.24, 2.45) is 11.8 Å². The average molecular weight is 392 g/mol. The molecule has 7 heteroatoms. The van der Waals surface area contributed by atoms with Gasteiger partial charge in [-0.15, -0.1) is 0 Å². The van der Waals surface area contributed by atoms with E-state index in [-0.39, 0.29) is 36.0 Å². The number of benzene rings is 1. The van der Waals surface area contributed by atoms with Gasteiger partial charge in [0, 0.05) is 49.2 Å². The molecule has 0 saturated carbocycles. The molecule has 2 aliphatic rings. The molecule has 0 aromatic heterocycles. The maximum atomic E-state index is 12.9. The lowest BCUT2D eigenvalue weighted by atomic mass is 9.94. The summed E-state index contributed by atoms with van der Waals surface area (Å²) in [6, 6.07) is 7.13. The normalized spacial score (nSPS) is 20.8. The van der Waals surface area contributed by atoms with Crippen LogP contribution in [0.4, 0.5) is 5.69 Å². The first kappa shape index (κ1) is 19.7. The van der Waals surface area contributed by atoms with E-state index in [1.165, 1.54) is 0 Å². The molecule has 0 radical (unpaired) electrons. The zero-order valence-electron chi connectivity index (χ0n) is 15.6. The van der Waals surface area contributed by atoms with E-state index in [0.717, 1.165) is 12.1 Å². The summed E-state index contributed by atoms with van der Waals surface area (Å²) in [5.41, 5.74) is 0.731. The Kier molecular flexibility index (Phi) is 6.37. The second-order valence-corrected chi connectivity index (χ2v) is 7.71. The van der Waals surface area contributed by atoms with Crippen LogP contribution in [0.3, 0.4) is 0 Å². The van der Waals surface area contributed by atoms with Crippen molar-refractivity contribution in [2.45, 2.75) is 32.6 Å². The molecule has 1 atom stereocenters. The van der Waals surface area contributed by atoms with Gasteiger partial charge in [0.05, 0.1) is 5.92 Å². The third kappa shape index (κ3) is 4.61. The molecule has 2 aliphatic heterocycles. The Bertz CT molecular complexity index is 716. The van der Waals surface area contributed by atoms with Gasteiger partial charge in [0.2, 0.25) is 17.7 Å². The topological polar surface area (TPSA) is 69.7 Å². The van der Waals surface area contributed by atoms with Crippen molar-refractivity contribution in [3.8, 4) is 0 Å². The third-order valence-corrected chi connectivity index (χ3v) is 5.56. The fourth-order valence-corrected chi connectivity index (χ4v) is 3.96. The number of carbonyl (C=O) groups is 3. The van der Waals surface area contributed by atoms with Crippen LogP contribution in [0.2, 0.25) is 5.02 Å². The largest absolute Gasteiger partial charge is 0.356 e. The molecular formula is C20H26ClN3O3. The van der Waals surface area contributed by atoms with Gasteiger partial charge in [0.1, 0.15) is 0 Å². The fourth-order valence-electron chi connectivity index (χ4n) is 3.78. The zero-order valence-corrected chi connectivity index (χ0v) is 16.4. The van der Waals surface area contributed by atoms with Gasteiger partial charge in [-0.1, -0.05) is 24.6 Å². The average Bonchev–Trinajstić information content (AvgIpc) is 3.07. The van der Waals surface area contributed by atoms with Crippen molar-refractivity contribution in [1.29, 1.82) is 0 Å². The van der Waals surface area contributed by atoms with Crippen LogP contribution in [-0.4, -0.2) is 48.8 Å². The third-order valence-electron chi connectivity index (χ3n) is 5.32. The molecule has 0 spiro atoms. The van der Waals surface area contributed by atoms with Gasteiger partial charge in [0.15, 0.2) is 0 Å². The quantitative estimate of drug-likeness (QED) is 0.838. The number of anilines is 1. The first-order valence-corrected chi connectivity index (χ1v) is 9.99. The number of carbonyl (C=O) groups excluding carboxylic acids is 3.